The molecule has 4 aromatic rings. The van der Waals surface area contributed by atoms with Crippen LogP contribution >= 0.6 is 0 Å². The van der Waals surface area contributed by atoms with Gasteiger partial charge in [-0.25, -0.2) is 4.98 Å². The SMILES string of the molecule is O=[N+]([O-])c1ccc(-c2nc3ccccc3n2-c2ccccc2)cc1. The van der Waals surface area contributed by atoms with Gasteiger partial charge in [0.1, 0.15) is 5.82 Å². The Morgan fingerprint density at radius 3 is 2.21 bits per heavy atom. The molecule has 0 saturated heterocycles. The van der Waals surface area contributed by atoms with Crippen molar-refractivity contribution in [2.45, 2.75) is 0 Å². The molecule has 0 saturated carbocycles. The molecule has 0 radical (unpaired) electrons. The molecule has 0 aliphatic carbocycles. The van der Waals surface area contributed by atoms with E-state index in [-0.39, 0.29) is 5.69 Å². The van der Waals surface area contributed by atoms with Crippen molar-refractivity contribution in [2.75, 3.05) is 0 Å². The number of hydrogen-bond donors (Lipinski definition) is 0. The monoisotopic (exact) mass is 315 g/mol. The lowest BCUT2D eigenvalue weighted by Gasteiger charge is -2.09. The van der Waals surface area contributed by atoms with Gasteiger partial charge in [-0.3, -0.25) is 14.7 Å². The fourth-order valence-electron chi connectivity index (χ4n) is 2.79. The normalized spacial score (nSPS) is 10.8. The van der Waals surface area contributed by atoms with Crippen molar-refractivity contribution in [3.8, 4) is 17.1 Å². The number of nitro groups is 1. The topological polar surface area (TPSA) is 61.0 Å². The fourth-order valence-corrected chi connectivity index (χ4v) is 2.79. The lowest BCUT2D eigenvalue weighted by Crippen LogP contribution is -1.97. The number of aromatic nitrogens is 2. The Morgan fingerprint density at radius 1 is 0.833 bits per heavy atom. The first-order valence-electron chi connectivity index (χ1n) is 7.52. The van der Waals surface area contributed by atoms with Gasteiger partial charge in [0.2, 0.25) is 0 Å². The second kappa shape index (κ2) is 5.62. The Labute approximate surface area is 138 Å². The lowest BCUT2D eigenvalue weighted by atomic mass is 10.2. The van der Waals surface area contributed by atoms with Crippen molar-refractivity contribution in [2.24, 2.45) is 0 Å². The van der Waals surface area contributed by atoms with E-state index < -0.39 is 4.92 Å². The average molecular weight is 315 g/mol. The van der Waals surface area contributed by atoms with Gasteiger partial charge < -0.3 is 0 Å². The fraction of sp³-hybridized carbons (Fsp3) is 0. The Balaban J connectivity index is 1.96. The van der Waals surface area contributed by atoms with E-state index in [1.165, 1.54) is 12.1 Å². The molecule has 0 unspecified atom stereocenters. The van der Waals surface area contributed by atoms with Crippen LogP contribution in [0.2, 0.25) is 0 Å². The van der Waals surface area contributed by atoms with Crippen LogP contribution in [0.15, 0.2) is 78.9 Å². The molecule has 5 heteroatoms. The van der Waals surface area contributed by atoms with Crippen LogP contribution in [0.5, 0.6) is 0 Å². The number of benzene rings is 3. The summed E-state index contributed by atoms with van der Waals surface area (Å²) in [5.74, 6) is 0.761. The van der Waals surface area contributed by atoms with Gasteiger partial charge in [-0.1, -0.05) is 30.3 Å². The van der Waals surface area contributed by atoms with Crippen molar-refractivity contribution in [1.82, 2.24) is 9.55 Å². The maximum atomic E-state index is 10.9. The molecule has 0 N–H and O–H groups in total. The summed E-state index contributed by atoms with van der Waals surface area (Å²) in [6.07, 6.45) is 0. The summed E-state index contributed by atoms with van der Waals surface area (Å²) in [6.45, 7) is 0. The third-order valence-electron chi connectivity index (χ3n) is 3.91. The third kappa shape index (κ3) is 2.32. The van der Waals surface area contributed by atoms with Crippen LogP contribution in [0.25, 0.3) is 28.1 Å². The standard InChI is InChI=1S/C19H13N3O2/c23-22(24)16-12-10-14(11-13-16)19-20-17-8-4-5-9-18(17)21(19)15-6-2-1-3-7-15/h1-13H. The largest absolute Gasteiger partial charge is 0.292 e. The molecule has 0 aliphatic heterocycles. The quantitative estimate of drug-likeness (QED) is 0.410. The minimum atomic E-state index is -0.399. The number of nitro benzene ring substituents is 1. The van der Waals surface area contributed by atoms with Crippen LogP contribution in [0.1, 0.15) is 0 Å². The summed E-state index contributed by atoms with van der Waals surface area (Å²) in [4.78, 5) is 15.2. The molecular weight excluding hydrogens is 302 g/mol. The zero-order chi connectivity index (χ0) is 16.5. The Bertz CT molecular complexity index is 1020. The maximum absolute atomic E-state index is 10.9. The molecular formula is C19H13N3O2. The summed E-state index contributed by atoms with van der Waals surface area (Å²) in [7, 11) is 0. The predicted molar refractivity (Wildman–Crippen MR) is 93.2 cm³/mol. The van der Waals surface area contributed by atoms with E-state index in [1.807, 2.05) is 54.6 Å². The van der Waals surface area contributed by atoms with E-state index in [4.69, 9.17) is 4.98 Å². The van der Waals surface area contributed by atoms with Crippen LogP contribution < -0.4 is 0 Å². The van der Waals surface area contributed by atoms with Gasteiger partial charge >= 0.3 is 0 Å². The second-order valence-electron chi connectivity index (χ2n) is 5.40. The first kappa shape index (κ1) is 14.1. The van der Waals surface area contributed by atoms with Gasteiger partial charge in [0.05, 0.1) is 16.0 Å². The van der Waals surface area contributed by atoms with Crippen molar-refractivity contribution in [3.63, 3.8) is 0 Å². The molecule has 0 fully saturated rings. The Morgan fingerprint density at radius 2 is 1.50 bits per heavy atom. The summed E-state index contributed by atoms with van der Waals surface area (Å²) < 4.78 is 2.07. The van der Waals surface area contributed by atoms with Gasteiger partial charge in [-0.2, -0.15) is 0 Å². The first-order chi connectivity index (χ1) is 11.7. The zero-order valence-electron chi connectivity index (χ0n) is 12.7. The zero-order valence-corrected chi connectivity index (χ0v) is 12.7. The van der Waals surface area contributed by atoms with Gasteiger partial charge in [-0.05, 0) is 36.4 Å². The van der Waals surface area contributed by atoms with E-state index >= 15 is 0 Å². The lowest BCUT2D eigenvalue weighted by molar-refractivity contribution is -0.384. The summed E-state index contributed by atoms with van der Waals surface area (Å²) in [5.41, 5.74) is 3.79. The molecule has 24 heavy (non-hydrogen) atoms. The van der Waals surface area contributed by atoms with E-state index in [9.17, 15) is 10.1 Å². The minimum Gasteiger partial charge on any atom is -0.292 e. The highest BCUT2D eigenvalue weighted by Crippen LogP contribution is 2.29. The van der Waals surface area contributed by atoms with Gasteiger partial charge in [0.25, 0.3) is 5.69 Å². The second-order valence-corrected chi connectivity index (χ2v) is 5.40. The summed E-state index contributed by atoms with van der Waals surface area (Å²) in [6, 6.07) is 24.3. The molecule has 5 nitrogen and oxygen atoms in total. The molecule has 1 aromatic heterocycles. The highest BCUT2D eigenvalue weighted by atomic mass is 16.6. The predicted octanol–water partition coefficient (Wildman–Crippen LogP) is 4.60. The van der Waals surface area contributed by atoms with E-state index in [0.29, 0.717) is 0 Å². The van der Waals surface area contributed by atoms with Crippen molar-refractivity contribution < 1.29 is 4.92 Å². The molecule has 4 rings (SSSR count). The van der Waals surface area contributed by atoms with Crippen molar-refractivity contribution in [1.29, 1.82) is 0 Å². The molecule has 0 atom stereocenters. The number of hydrogen-bond acceptors (Lipinski definition) is 3. The van der Waals surface area contributed by atoms with Crippen LogP contribution in [0.4, 0.5) is 5.69 Å². The molecule has 0 aliphatic rings. The number of imidazole rings is 1. The number of para-hydroxylation sites is 3. The molecule has 0 amide bonds. The summed E-state index contributed by atoms with van der Waals surface area (Å²) >= 11 is 0. The molecule has 0 spiro atoms. The minimum absolute atomic E-state index is 0.0705. The van der Waals surface area contributed by atoms with Crippen molar-refractivity contribution >= 4 is 16.7 Å². The highest BCUT2D eigenvalue weighted by Gasteiger charge is 2.15. The average Bonchev–Trinajstić information content (AvgIpc) is 3.02. The van der Waals surface area contributed by atoms with Gasteiger partial charge in [0.15, 0.2) is 0 Å². The smallest absolute Gasteiger partial charge is 0.269 e. The molecule has 3 aromatic carbocycles. The molecule has 116 valence electrons. The Hall–Kier alpha value is -3.47. The highest BCUT2D eigenvalue weighted by molar-refractivity contribution is 5.83. The number of fused-ring (bicyclic) bond motifs is 1. The van der Waals surface area contributed by atoms with Crippen LogP contribution in [-0.4, -0.2) is 14.5 Å². The van der Waals surface area contributed by atoms with Crippen molar-refractivity contribution in [3.05, 3.63) is 89.0 Å². The number of nitrogens with zero attached hydrogens (tertiary/aromatic N) is 3. The number of rotatable bonds is 3. The summed E-state index contributed by atoms with van der Waals surface area (Å²) in [5, 5.41) is 10.9. The maximum Gasteiger partial charge on any atom is 0.269 e. The van der Waals surface area contributed by atoms with Crippen LogP contribution in [-0.2, 0) is 0 Å². The van der Waals surface area contributed by atoms with E-state index in [1.54, 1.807) is 12.1 Å². The van der Waals surface area contributed by atoms with E-state index in [0.717, 1.165) is 28.1 Å². The van der Waals surface area contributed by atoms with E-state index in [2.05, 4.69) is 4.57 Å². The first-order valence-corrected chi connectivity index (χ1v) is 7.52. The van der Waals surface area contributed by atoms with Crippen LogP contribution in [0, 0.1) is 10.1 Å². The van der Waals surface area contributed by atoms with Gasteiger partial charge in [-0.15, -0.1) is 0 Å². The van der Waals surface area contributed by atoms with Crippen LogP contribution in [0.3, 0.4) is 0 Å². The molecule has 1 heterocycles. The molecule has 0 bridgehead atoms. The number of non-ortho nitro benzene ring substituents is 1. The Kier molecular flexibility index (Phi) is 3.31. The third-order valence-corrected chi connectivity index (χ3v) is 3.91. The van der Waals surface area contributed by atoms with Gasteiger partial charge in [0, 0.05) is 23.4 Å².